The van der Waals surface area contributed by atoms with Crippen LogP contribution in [0.25, 0.3) is 11.1 Å². The van der Waals surface area contributed by atoms with E-state index in [1.807, 2.05) is 54.6 Å². The van der Waals surface area contributed by atoms with Crippen molar-refractivity contribution in [3.8, 4) is 11.1 Å². The van der Waals surface area contributed by atoms with Gasteiger partial charge in [-0.2, -0.15) is 0 Å². The summed E-state index contributed by atoms with van der Waals surface area (Å²) in [5.74, 6) is -0.662. The number of ether oxygens (including phenoxy) is 1. The Hall–Kier alpha value is -3.39. The van der Waals surface area contributed by atoms with E-state index >= 15 is 0 Å². The Labute approximate surface area is 171 Å². The van der Waals surface area contributed by atoms with Crippen molar-refractivity contribution in [3.63, 3.8) is 0 Å². The molecule has 1 heterocycles. The van der Waals surface area contributed by atoms with Crippen molar-refractivity contribution in [3.05, 3.63) is 76.7 Å². The highest BCUT2D eigenvalue weighted by Gasteiger charge is 2.10. The van der Waals surface area contributed by atoms with Gasteiger partial charge in [-0.25, -0.2) is 4.98 Å². The van der Waals surface area contributed by atoms with Crippen LogP contribution in [0, 0.1) is 0 Å². The number of aromatic amines is 1. The first-order valence-corrected chi connectivity index (χ1v) is 9.77. The number of nitrogens with zero attached hydrogens (tertiary/aromatic N) is 1. The van der Waals surface area contributed by atoms with E-state index in [1.54, 1.807) is 0 Å². The zero-order valence-electron chi connectivity index (χ0n) is 15.7. The number of nitrogens with one attached hydrogen (secondary N) is 2. The van der Waals surface area contributed by atoms with E-state index < -0.39 is 11.5 Å². The first kappa shape index (κ1) is 20.3. The molecule has 0 saturated carbocycles. The van der Waals surface area contributed by atoms with Crippen molar-refractivity contribution in [1.82, 2.24) is 9.97 Å². The van der Waals surface area contributed by atoms with Crippen LogP contribution in [0.4, 0.5) is 5.69 Å². The quantitative estimate of drug-likeness (QED) is 0.354. The van der Waals surface area contributed by atoms with Crippen molar-refractivity contribution >= 4 is 29.3 Å². The molecule has 1 amide bonds. The highest BCUT2D eigenvalue weighted by molar-refractivity contribution is 7.99. The number of anilines is 1. The molecule has 0 bridgehead atoms. The van der Waals surface area contributed by atoms with Gasteiger partial charge in [0.2, 0.25) is 5.91 Å². The summed E-state index contributed by atoms with van der Waals surface area (Å²) in [5.41, 5.74) is 2.74. The fraction of sp³-hybridized carbons (Fsp3) is 0.143. The average molecular weight is 409 g/mol. The average Bonchev–Trinajstić information content (AvgIpc) is 2.73. The van der Waals surface area contributed by atoms with Crippen LogP contribution in [0.5, 0.6) is 0 Å². The third kappa shape index (κ3) is 6.05. The van der Waals surface area contributed by atoms with Crippen molar-refractivity contribution in [2.75, 3.05) is 18.2 Å². The van der Waals surface area contributed by atoms with E-state index in [0.29, 0.717) is 11.4 Å². The third-order valence-electron chi connectivity index (χ3n) is 3.94. The molecule has 2 N–H and O–H groups in total. The van der Waals surface area contributed by atoms with Gasteiger partial charge in [-0.3, -0.25) is 14.4 Å². The van der Waals surface area contributed by atoms with Gasteiger partial charge in [0.25, 0.3) is 5.56 Å². The molecule has 2 aromatic carbocycles. The minimum Gasteiger partial charge on any atom is -0.469 e. The minimum atomic E-state index is -0.490. The lowest BCUT2D eigenvalue weighted by Gasteiger charge is -2.07. The van der Waals surface area contributed by atoms with Crippen LogP contribution in [-0.2, 0) is 20.7 Å². The number of rotatable bonds is 7. The molecule has 0 unspecified atom stereocenters. The number of H-pyrrole nitrogens is 1. The Morgan fingerprint density at radius 1 is 1.07 bits per heavy atom. The van der Waals surface area contributed by atoms with Crippen molar-refractivity contribution in [2.24, 2.45) is 0 Å². The van der Waals surface area contributed by atoms with Crippen molar-refractivity contribution in [1.29, 1.82) is 0 Å². The molecule has 0 aliphatic heterocycles. The standard InChI is InChI=1S/C21H19N3O4S/c1-28-20(27)12-17-11-18(25)24-21(23-17)29-13-19(26)22-16-9-7-15(8-10-16)14-5-3-2-4-6-14/h2-11H,12-13H2,1H3,(H,22,26)(H,23,24,25). The molecule has 8 heteroatoms. The molecular formula is C21H19N3O4S. The summed E-state index contributed by atoms with van der Waals surface area (Å²) in [6, 6.07) is 18.7. The largest absolute Gasteiger partial charge is 0.469 e. The summed E-state index contributed by atoms with van der Waals surface area (Å²) in [5, 5.41) is 3.08. The summed E-state index contributed by atoms with van der Waals surface area (Å²) in [6.07, 6.45) is -0.103. The monoisotopic (exact) mass is 409 g/mol. The summed E-state index contributed by atoms with van der Waals surface area (Å²) in [7, 11) is 1.27. The second kappa shape index (κ2) is 9.70. The number of carbonyl (C=O) groups excluding carboxylic acids is 2. The highest BCUT2D eigenvalue weighted by Crippen LogP contribution is 2.21. The Balaban J connectivity index is 1.57. The first-order chi connectivity index (χ1) is 14.0. The van der Waals surface area contributed by atoms with Crippen LogP contribution in [-0.4, -0.2) is 34.7 Å². The molecule has 3 rings (SSSR count). The summed E-state index contributed by atoms with van der Waals surface area (Å²) < 4.78 is 4.57. The summed E-state index contributed by atoms with van der Waals surface area (Å²) in [6.45, 7) is 0. The summed E-state index contributed by atoms with van der Waals surface area (Å²) in [4.78, 5) is 42.0. The molecule has 0 aliphatic rings. The predicted molar refractivity (Wildman–Crippen MR) is 112 cm³/mol. The number of hydrogen-bond acceptors (Lipinski definition) is 6. The van der Waals surface area contributed by atoms with Crippen LogP contribution in [0.2, 0.25) is 0 Å². The summed E-state index contributed by atoms with van der Waals surface area (Å²) >= 11 is 1.08. The molecule has 7 nitrogen and oxygen atoms in total. The third-order valence-corrected chi connectivity index (χ3v) is 4.82. The lowest BCUT2D eigenvalue weighted by molar-refractivity contribution is -0.139. The van der Waals surface area contributed by atoms with Crippen LogP contribution >= 0.6 is 11.8 Å². The van der Waals surface area contributed by atoms with E-state index in [9.17, 15) is 14.4 Å². The topological polar surface area (TPSA) is 101 Å². The van der Waals surface area contributed by atoms with Gasteiger partial charge in [0.15, 0.2) is 5.16 Å². The van der Waals surface area contributed by atoms with Gasteiger partial charge in [0, 0.05) is 11.8 Å². The SMILES string of the molecule is COC(=O)Cc1cc(=O)[nH]c(SCC(=O)Nc2ccc(-c3ccccc3)cc2)n1. The highest BCUT2D eigenvalue weighted by atomic mass is 32.2. The molecule has 0 aliphatic carbocycles. The molecule has 0 radical (unpaired) electrons. The van der Waals surface area contributed by atoms with Crippen LogP contribution in [0.1, 0.15) is 5.69 Å². The van der Waals surface area contributed by atoms with Gasteiger partial charge in [0.1, 0.15) is 0 Å². The van der Waals surface area contributed by atoms with E-state index in [0.717, 1.165) is 22.9 Å². The lowest BCUT2D eigenvalue weighted by Crippen LogP contribution is -2.16. The Kier molecular flexibility index (Phi) is 6.80. The molecule has 0 saturated heterocycles. The van der Waals surface area contributed by atoms with Crippen LogP contribution in [0.15, 0.2) is 70.6 Å². The zero-order chi connectivity index (χ0) is 20.6. The Morgan fingerprint density at radius 2 is 1.76 bits per heavy atom. The van der Waals surface area contributed by atoms with Crippen LogP contribution < -0.4 is 10.9 Å². The van der Waals surface area contributed by atoms with Crippen LogP contribution in [0.3, 0.4) is 0 Å². The van der Waals surface area contributed by atoms with Gasteiger partial charge < -0.3 is 15.0 Å². The zero-order valence-corrected chi connectivity index (χ0v) is 16.5. The second-order valence-corrected chi connectivity index (χ2v) is 7.04. The number of hydrogen-bond donors (Lipinski definition) is 2. The van der Waals surface area contributed by atoms with Gasteiger partial charge in [0.05, 0.1) is 25.0 Å². The van der Waals surface area contributed by atoms with Crippen molar-refractivity contribution < 1.29 is 14.3 Å². The van der Waals surface area contributed by atoms with E-state index in [-0.39, 0.29) is 23.2 Å². The number of methoxy groups -OCH3 is 1. The number of esters is 1. The minimum absolute atomic E-state index is 0.0606. The maximum atomic E-state index is 12.2. The number of carbonyl (C=O) groups is 2. The molecule has 3 aromatic rings. The van der Waals surface area contributed by atoms with Gasteiger partial charge in [-0.15, -0.1) is 0 Å². The molecular weight excluding hydrogens is 390 g/mol. The fourth-order valence-electron chi connectivity index (χ4n) is 2.57. The second-order valence-electron chi connectivity index (χ2n) is 6.08. The molecule has 0 fully saturated rings. The number of benzene rings is 2. The van der Waals surface area contributed by atoms with Crippen molar-refractivity contribution in [2.45, 2.75) is 11.6 Å². The fourth-order valence-corrected chi connectivity index (χ4v) is 3.26. The smallest absolute Gasteiger partial charge is 0.311 e. The normalized spacial score (nSPS) is 10.4. The van der Waals surface area contributed by atoms with Gasteiger partial charge >= 0.3 is 5.97 Å². The molecule has 148 valence electrons. The molecule has 1 aromatic heterocycles. The van der Waals surface area contributed by atoms with E-state index in [2.05, 4.69) is 20.0 Å². The molecule has 29 heavy (non-hydrogen) atoms. The Bertz CT molecular complexity index is 1050. The maximum Gasteiger partial charge on any atom is 0.311 e. The van der Waals surface area contributed by atoms with Gasteiger partial charge in [-0.05, 0) is 23.3 Å². The molecule has 0 atom stereocenters. The molecule has 0 spiro atoms. The Morgan fingerprint density at radius 3 is 2.45 bits per heavy atom. The lowest BCUT2D eigenvalue weighted by atomic mass is 10.1. The number of aromatic nitrogens is 2. The number of thioether (sulfide) groups is 1. The van der Waals surface area contributed by atoms with Gasteiger partial charge in [-0.1, -0.05) is 54.2 Å². The number of amides is 1. The maximum absolute atomic E-state index is 12.2. The van der Waals surface area contributed by atoms with E-state index in [4.69, 9.17) is 0 Å². The predicted octanol–water partition coefficient (Wildman–Crippen LogP) is 2.88. The van der Waals surface area contributed by atoms with E-state index in [1.165, 1.54) is 13.2 Å². The first-order valence-electron chi connectivity index (χ1n) is 8.78.